The van der Waals surface area contributed by atoms with E-state index in [0.29, 0.717) is 17.9 Å². The molecular weight excluding hydrogens is 240 g/mol. The van der Waals surface area contributed by atoms with Crippen LogP contribution in [0.3, 0.4) is 0 Å². The van der Waals surface area contributed by atoms with Gasteiger partial charge in [-0.2, -0.15) is 10.4 Å². The van der Waals surface area contributed by atoms with Crippen molar-refractivity contribution in [2.24, 2.45) is 0 Å². The maximum absolute atomic E-state index is 8.96. The van der Waals surface area contributed by atoms with E-state index >= 15 is 0 Å². The zero-order valence-electron chi connectivity index (χ0n) is 10.2. The molecule has 1 N–H and O–H groups in total. The summed E-state index contributed by atoms with van der Waals surface area (Å²) in [5.74, 6) is 1.44. The predicted molar refractivity (Wildman–Crippen MR) is 69.8 cm³/mol. The summed E-state index contributed by atoms with van der Waals surface area (Å²) in [6.45, 7) is 0.599. The molecule has 1 aromatic heterocycles. The SMILES string of the molecule is N#Cc1ccnnc1NCC1Cc2ccccc2O1. The van der Waals surface area contributed by atoms with Gasteiger partial charge in [-0.1, -0.05) is 18.2 Å². The number of nitriles is 1. The standard InChI is InChI=1S/C14H12N4O/c15-8-11-5-6-17-18-14(11)16-9-12-7-10-3-1-2-4-13(10)19-12/h1-6,12H,7,9H2,(H,16,18). The summed E-state index contributed by atoms with van der Waals surface area (Å²) in [6.07, 6.45) is 2.43. The quantitative estimate of drug-likeness (QED) is 0.901. The number of nitrogens with zero attached hydrogens (tertiary/aromatic N) is 3. The van der Waals surface area contributed by atoms with Gasteiger partial charge < -0.3 is 10.1 Å². The van der Waals surface area contributed by atoms with Crippen molar-refractivity contribution in [1.82, 2.24) is 10.2 Å². The van der Waals surface area contributed by atoms with E-state index in [1.165, 1.54) is 11.8 Å². The van der Waals surface area contributed by atoms with Crippen molar-refractivity contribution in [2.75, 3.05) is 11.9 Å². The molecule has 0 amide bonds. The third-order valence-electron chi connectivity index (χ3n) is 3.05. The Bertz CT molecular complexity index is 610. The predicted octanol–water partition coefficient (Wildman–Crippen LogP) is 1.76. The lowest BCUT2D eigenvalue weighted by Crippen LogP contribution is -2.24. The first-order valence-corrected chi connectivity index (χ1v) is 6.07. The van der Waals surface area contributed by atoms with E-state index in [1.54, 1.807) is 6.07 Å². The number of anilines is 1. The molecule has 0 spiro atoms. The second kappa shape index (κ2) is 4.94. The van der Waals surface area contributed by atoms with Gasteiger partial charge in [0.1, 0.15) is 17.9 Å². The second-order valence-corrected chi connectivity index (χ2v) is 4.34. The number of aromatic nitrogens is 2. The molecule has 1 atom stereocenters. The Labute approximate surface area is 110 Å². The van der Waals surface area contributed by atoms with E-state index in [1.807, 2.05) is 18.2 Å². The summed E-state index contributed by atoms with van der Waals surface area (Å²) in [5, 5.41) is 19.8. The van der Waals surface area contributed by atoms with Gasteiger partial charge in [-0.3, -0.25) is 0 Å². The van der Waals surface area contributed by atoms with Crippen LogP contribution in [0.4, 0.5) is 5.82 Å². The molecule has 0 radical (unpaired) electrons. The number of para-hydroxylation sites is 1. The maximum Gasteiger partial charge on any atom is 0.166 e. The molecule has 3 rings (SSSR count). The summed E-state index contributed by atoms with van der Waals surface area (Å²) in [5.41, 5.74) is 1.71. The molecule has 0 fully saturated rings. The Kier molecular flexibility index (Phi) is 2.99. The molecule has 2 heterocycles. The van der Waals surface area contributed by atoms with Crippen LogP contribution in [-0.4, -0.2) is 22.8 Å². The highest BCUT2D eigenvalue weighted by Gasteiger charge is 2.22. The van der Waals surface area contributed by atoms with Crippen LogP contribution < -0.4 is 10.1 Å². The van der Waals surface area contributed by atoms with Gasteiger partial charge in [0, 0.05) is 6.42 Å². The number of ether oxygens (including phenoxy) is 1. The monoisotopic (exact) mass is 252 g/mol. The van der Waals surface area contributed by atoms with Crippen LogP contribution in [-0.2, 0) is 6.42 Å². The minimum Gasteiger partial charge on any atom is -0.488 e. The van der Waals surface area contributed by atoms with E-state index in [0.717, 1.165) is 12.2 Å². The number of hydrogen-bond donors (Lipinski definition) is 1. The number of hydrogen-bond acceptors (Lipinski definition) is 5. The first kappa shape index (κ1) is 11.5. The Morgan fingerprint density at radius 3 is 3.11 bits per heavy atom. The van der Waals surface area contributed by atoms with Crippen LogP contribution in [0, 0.1) is 11.3 Å². The molecule has 0 saturated heterocycles. The zero-order chi connectivity index (χ0) is 13.1. The highest BCUT2D eigenvalue weighted by molar-refractivity contribution is 5.50. The first-order valence-electron chi connectivity index (χ1n) is 6.07. The fraction of sp³-hybridized carbons (Fsp3) is 0.214. The van der Waals surface area contributed by atoms with Crippen LogP contribution in [0.1, 0.15) is 11.1 Å². The lowest BCUT2D eigenvalue weighted by atomic mass is 10.1. The lowest BCUT2D eigenvalue weighted by molar-refractivity contribution is 0.246. The van der Waals surface area contributed by atoms with Crippen molar-refractivity contribution < 1.29 is 4.74 Å². The van der Waals surface area contributed by atoms with Crippen molar-refractivity contribution in [3.8, 4) is 11.8 Å². The van der Waals surface area contributed by atoms with Gasteiger partial charge in [-0.05, 0) is 17.7 Å². The first-order chi connectivity index (χ1) is 9.36. The van der Waals surface area contributed by atoms with Crippen molar-refractivity contribution in [2.45, 2.75) is 12.5 Å². The average Bonchev–Trinajstić information content (AvgIpc) is 2.88. The Morgan fingerprint density at radius 2 is 2.26 bits per heavy atom. The van der Waals surface area contributed by atoms with Gasteiger partial charge in [-0.25, -0.2) is 0 Å². The highest BCUT2D eigenvalue weighted by atomic mass is 16.5. The number of nitrogens with one attached hydrogen (secondary N) is 1. The van der Waals surface area contributed by atoms with Crippen LogP contribution in [0.15, 0.2) is 36.5 Å². The van der Waals surface area contributed by atoms with E-state index in [-0.39, 0.29) is 6.10 Å². The van der Waals surface area contributed by atoms with Crippen molar-refractivity contribution in [3.05, 3.63) is 47.7 Å². The molecule has 0 saturated carbocycles. The Morgan fingerprint density at radius 1 is 1.37 bits per heavy atom. The van der Waals surface area contributed by atoms with Gasteiger partial charge in [0.15, 0.2) is 5.82 Å². The molecule has 94 valence electrons. The summed E-state index contributed by atoms with van der Waals surface area (Å²) in [4.78, 5) is 0. The van der Waals surface area contributed by atoms with E-state index in [4.69, 9.17) is 10.00 Å². The normalized spacial score (nSPS) is 16.3. The summed E-state index contributed by atoms with van der Waals surface area (Å²) >= 11 is 0. The van der Waals surface area contributed by atoms with Gasteiger partial charge in [0.05, 0.1) is 18.3 Å². The fourth-order valence-electron chi connectivity index (χ4n) is 2.13. The fourth-order valence-corrected chi connectivity index (χ4v) is 2.13. The van der Waals surface area contributed by atoms with Crippen molar-refractivity contribution in [1.29, 1.82) is 5.26 Å². The Hall–Kier alpha value is -2.61. The van der Waals surface area contributed by atoms with Crippen LogP contribution in [0.25, 0.3) is 0 Å². The van der Waals surface area contributed by atoms with Crippen molar-refractivity contribution in [3.63, 3.8) is 0 Å². The molecule has 0 aliphatic carbocycles. The number of benzene rings is 1. The van der Waals surface area contributed by atoms with Gasteiger partial charge in [0.2, 0.25) is 0 Å². The zero-order valence-corrected chi connectivity index (χ0v) is 10.2. The van der Waals surface area contributed by atoms with Gasteiger partial charge in [0.25, 0.3) is 0 Å². The summed E-state index contributed by atoms with van der Waals surface area (Å²) in [6, 6.07) is 11.7. The molecule has 1 aromatic carbocycles. The topological polar surface area (TPSA) is 70.8 Å². The van der Waals surface area contributed by atoms with Crippen molar-refractivity contribution >= 4 is 5.82 Å². The average molecular weight is 252 g/mol. The number of fused-ring (bicyclic) bond motifs is 1. The second-order valence-electron chi connectivity index (χ2n) is 4.34. The lowest BCUT2D eigenvalue weighted by Gasteiger charge is -2.12. The number of rotatable bonds is 3. The third-order valence-corrected chi connectivity index (χ3v) is 3.05. The third kappa shape index (κ3) is 2.33. The largest absolute Gasteiger partial charge is 0.488 e. The molecule has 5 heteroatoms. The van der Waals surface area contributed by atoms with Crippen LogP contribution in [0.2, 0.25) is 0 Å². The van der Waals surface area contributed by atoms with Gasteiger partial charge >= 0.3 is 0 Å². The molecular formula is C14H12N4O. The molecule has 0 bridgehead atoms. The smallest absolute Gasteiger partial charge is 0.166 e. The molecule has 19 heavy (non-hydrogen) atoms. The summed E-state index contributed by atoms with van der Waals surface area (Å²) < 4.78 is 5.81. The molecule has 1 aliphatic rings. The molecule has 1 aliphatic heterocycles. The van der Waals surface area contributed by atoms with E-state index in [9.17, 15) is 0 Å². The minimum absolute atomic E-state index is 0.0611. The van der Waals surface area contributed by atoms with Crippen LogP contribution >= 0.6 is 0 Å². The van der Waals surface area contributed by atoms with Crippen LogP contribution in [0.5, 0.6) is 5.75 Å². The van der Waals surface area contributed by atoms with E-state index in [2.05, 4.69) is 27.6 Å². The summed E-state index contributed by atoms with van der Waals surface area (Å²) in [7, 11) is 0. The van der Waals surface area contributed by atoms with E-state index < -0.39 is 0 Å². The minimum atomic E-state index is 0.0611. The maximum atomic E-state index is 8.96. The molecule has 5 nitrogen and oxygen atoms in total. The molecule has 1 unspecified atom stereocenters. The Balaban J connectivity index is 1.65. The highest BCUT2D eigenvalue weighted by Crippen LogP contribution is 2.28. The van der Waals surface area contributed by atoms with Gasteiger partial charge in [-0.15, -0.1) is 5.10 Å². The molecule has 2 aromatic rings.